The van der Waals surface area contributed by atoms with Crippen LogP contribution >= 0.6 is 11.3 Å². The molecule has 1 aliphatic rings. The third-order valence-electron chi connectivity index (χ3n) is 4.61. The lowest BCUT2D eigenvalue weighted by atomic mass is 10.0. The normalized spacial score (nSPS) is 18.3. The predicted molar refractivity (Wildman–Crippen MR) is 107 cm³/mol. The molecule has 1 N–H and O–H groups in total. The highest BCUT2D eigenvalue weighted by molar-refractivity contribution is 7.91. The Kier molecular flexibility index (Phi) is 6.29. The Labute approximate surface area is 164 Å². The Bertz CT molecular complexity index is 865. The average Bonchev–Trinajstić information content (AvgIpc) is 3.12. The minimum atomic E-state index is -3.00. The molecule has 3 rings (SSSR count). The lowest BCUT2D eigenvalue weighted by molar-refractivity contribution is -0.126. The summed E-state index contributed by atoms with van der Waals surface area (Å²) in [7, 11) is -3.00. The quantitative estimate of drug-likeness (QED) is 0.795. The molecule has 2 aromatic rings. The maximum atomic E-state index is 13.0. The van der Waals surface area contributed by atoms with Crippen LogP contribution in [0.5, 0.6) is 0 Å². The van der Waals surface area contributed by atoms with Gasteiger partial charge >= 0.3 is 0 Å². The molecule has 1 aliphatic heterocycles. The van der Waals surface area contributed by atoms with Crippen LogP contribution < -0.4 is 5.32 Å². The SMILES string of the molecule is CC(C)c1nc(CNC(=O)C(c2ccccc2)N2CCS(=O)(=O)CC2)cs1. The first-order valence-electron chi connectivity index (χ1n) is 9.07. The molecule has 0 saturated carbocycles. The monoisotopic (exact) mass is 407 g/mol. The van der Waals surface area contributed by atoms with Gasteiger partial charge in [0.05, 0.1) is 28.8 Å². The lowest BCUT2D eigenvalue weighted by Gasteiger charge is -2.33. The molecule has 2 heterocycles. The molecule has 1 aromatic heterocycles. The van der Waals surface area contributed by atoms with E-state index in [-0.39, 0.29) is 17.4 Å². The maximum Gasteiger partial charge on any atom is 0.242 e. The molecular weight excluding hydrogens is 382 g/mol. The molecule has 0 bridgehead atoms. The van der Waals surface area contributed by atoms with E-state index in [0.29, 0.717) is 25.6 Å². The molecule has 1 saturated heterocycles. The lowest BCUT2D eigenvalue weighted by Crippen LogP contribution is -2.47. The van der Waals surface area contributed by atoms with E-state index in [9.17, 15) is 13.2 Å². The van der Waals surface area contributed by atoms with E-state index in [2.05, 4.69) is 24.1 Å². The summed E-state index contributed by atoms with van der Waals surface area (Å²) in [5.74, 6) is 0.423. The third kappa shape index (κ3) is 5.15. The average molecular weight is 408 g/mol. The number of rotatable bonds is 6. The summed E-state index contributed by atoms with van der Waals surface area (Å²) in [6.45, 7) is 5.29. The Morgan fingerprint density at radius 1 is 1.22 bits per heavy atom. The van der Waals surface area contributed by atoms with Crippen LogP contribution in [0.25, 0.3) is 0 Å². The number of benzene rings is 1. The first-order valence-corrected chi connectivity index (χ1v) is 11.8. The highest BCUT2D eigenvalue weighted by Crippen LogP contribution is 2.24. The van der Waals surface area contributed by atoms with Gasteiger partial charge in [-0.3, -0.25) is 9.69 Å². The zero-order chi connectivity index (χ0) is 19.4. The second-order valence-corrected chi connectivity index (χ2v) is 10.2. The minimum Gasteiger partial charge on any atom is -0.349 e. The van der Waals surface area contributed by atoms with Crippen molar-refractivity contribution in [2.24, 2.45) is 0 Å². The summed E-state index contributed by atoms with van der Waals surface area (Å²) in [5, 5.41) is 6.01. The minimum absolute atomic E-state index is 0.0907. The molecule has 146 valence electrons. The fourth-order valence-electron chi connectivity index (χ4n) is 3.09. The van der Waals surface area contributed by atoms with Crippen molar-refractivity contribution in [3.63, 3.8) is 0 Å². The van der Waals surface area contributed by atoms with Crippen molar-refractivity contribution in [2.75, 3.05) is 24.6 Å². The van der Waals surface area contributed by atoms with Crippen LogP contribution in [-0.4, -0.2) is 48.8 Å². The standard InChI is InChI=1S/C19H25N3O3S2/c1-14(2)19-21-16(13-26-19)12-20-18(23)17(15-6-4-3-5-7-15)22-8-10-27(24,25)11-9-22/h3-7,13-14,17H,8-12H2,1-2H3,(H,20,23). The Morgan fingerprint density at radius 2 is 1.89 bits per heavy atom. The second kappa shape index (κ2) is 8.50. The van der Waals surface area contributed by atoms with E-state index in [0.717, 1.165) is 16.3 Å². The fraction of sp³-hybridized carbons (Fsp3) is 0.474. The number of sulfone groups is 1. The van der Waals surface area contributed by atoms with E-state index in [4.69, 9.17) is 0 Å². The van der Waals surface area contributed by atoms with Crippen molar-refractivity contribution in [3.05, 3.63) is 52.0 Å². The van der Waals surface area contributed by atoms with Gasteiger partial charge in [-0.15, -0.1) is 11.3 Å². The molecule has 0 radical (unpaired) electrons. The van der Waals surface area contributed by atoms with Crippen molar-refractivity contribution >= 4 is 27.1 Å². The van der Waals surface area contributed by atoms with E-state index < -0.39 is 15.9 Å². The molecule has 0 spiro atoms. The summed E-state index contributed by atoms with van der Waals surface area (Å²) in [6.07, 6.45) is 0. The topological polar surface area (TPSA) is 79.4 Å². The fourth-order valence-corrected chi connectivity index (χ4v) is 5.16. The van der Waals surface area contributed by atoms with Crippen LogP contribution in [0, 0.1) is 0 Å². The first-order chi connectivity index (χ1) is 12.9. The van der Waals surface area contributed by atoms with Crippen LogP contribution in [0.4, 0.5) is 0 Å². The summed E-state index contributed by atoms with van der Waals surface area (Å²) >= 11 is 1.60. The van der Waals surface area contributed by atoms with Crippen LogP contribution in [0.1, 0.15) is 42.1 Å². The van der Waals surface area contributed by atoms with Gasteiger partial charge < -0.3 is 5.32 Å². The molecule has 0 aliphatic carbocycles. The van der Waals surface area contributed by atoms with Gasteiger partial charge in [0.15, 0.2) is 9.84 Å². The van der Waals surface area contributed by atoms with Crippen LogP contribution in [0.15, 0.2) is 35.7 Å². The number of nitrogens with one attached hydrogen (secondary N) is 1. The zero-order valence-electron chi connectivity index (χ0n) is 15.6. The van der Waals surface area contributed by atoms with Crippen molar-refractivity contribution in [1.82, 2.24) is 15.2 Å². The Morgan fingerprint density at radius 3 is 2.48 bits per heavy atom. The van der Waals surface area contributed by atoms with Crippen LogP contribution in [0.2, 0.25) is 0 Å². The highest BCUT2D eigenvalue weighted by atomic mass is 32.2. The van der Waals surface area contributed by atoms with Crippen LogP contribution in [-0.2, 0) is 21.2 Å². The van der Waals surface area contributed by atoms with Gasteiger partial charge in [0, 0.05) is 24.4 Å². The number of carbonyl (C=O) groups excluding carboxylic acids is 1. The van der Waals surface area contributed by atoms with Gasteiger partial charge in [0.25, 0.3) is 0 Å². The van der Waals surface area contributed by atoms with E-state index in [1.54, 1.807) is 11.3 Å². The molecule has 8 heteroatoms. The number of carbonyl (C=O) groups is 1. The van der Waals surface area contributed by atoms with Crippen molar-refractivity contribution in [3.8, 4) is 0 Å². The molecule has 1 amide bonds. The number of aromatic nitrogens is 1. The molecule has 27 heavy (non-hydrogen) atoms. The molecule has 1 unspecified atom stereocenters. The van der Waals surface area contributed by atoms with Gasteiger partial charge in [-0.25, -0.2) is 13.4 Å². The second-order valence-electron chi connectivity index (χ2n) is 7.05. The molecule has 6 nitrogen and oxygen atoms in total. The van der Waals surface area contributed by atoms with Gasteiger partial charge in [0.1, 0.15) is 6.04 Å². The van der Waals surface area contributed by atoms with Gasteiger partial charge in [0.2, 0.25) is 5.91 Å². The number of thiazole rings is 1. The largest absolute Gasteiger partial charge is 0.349 e. The third-order valence-corrected chi connectivity index (χ3v) is 7.42. The Balaban J connectivity index is 1.73. The smallest absolute Gasteiger partial charge is 0.242 e. The van der Waals surface area contributed by atoms with E-state index in [1.807, 2.05) is 40.6 Å². The van der Waals surface area contributed by atoms with Crippen LogP contribution in [0.3, 0.4) is 0 Å². The van der Waals surface area contributed by atoms with Gasteiger partial charge in [-0.2, -0.15) is 0 Å². The number of hydrogen-bond acceptors (Lipinski definition) is 6. The first kappa shape index (κ1) is 20.0. The summed E-state index contributed by atoms with van der Waals surface area (Å²) in [4.78, 5) is 19.5. The summed E-state index contributed by atoms with van der Waals surface area (Å²) in [5.41, 5.74) is 1.72. The maximum absolute atomic E-state index is 13.0. The van der Waals surface area contributed by atoms with Crippen molar-refractivity contribution in [2.45, 2.75) is 32.4 Å². The number of amides is 1. The van der Waals surface area contributed by atoms with Gasteiger partial charge in [-0.05, 0) is 5.56 Å². The zero-order valence-corrected chi connectivity index (χ0v) is 17.2. The molecule has 1 fully saturated rings. The predicted octanol–water partition coefficient (Wildman–Crippen LogP) is 2.35. The summed E-state index contributed by atoms with van der Waals surface area (Å²) in [6, 6.07) is 9.02. The molecule has 1 aromatic carbocycles. The molecular formula is C19H25N3O3S2. The van der Waals surface area contributed by atoms with Crippen molar-refractivity contribution < 1.29 is 13.2 Å². The highest BCUT2D eigenvalue weighted by Gasteiger charge is 2.32. The van der Waals surface area contributed by atoms with Crippen molar-refractivity contribution in [1.29, 1.82) is 0 Å². The van der Waals surface area contributed by atoms with E-state index >= 15 is 0 Å². The van der Waals surface area contributed by atoms with E-state index in [1.165, 1.54) is 0 Å². The number of hydrogen-bond donors (Lipinski definition) is 1. The Hall–Kier alpha value is -1.77. The van der Waals surface area contributed by atoms with Gasteiger partial charge in [-0.1, -0.05) is 44.2 Å². The number of nitrogens with zero attached hydrogens (tertiary/aromatic N) is 2. The molecule has 1 atom stereocenters. The summed E-state index contributed by atoms with van der Waals surface area (Å²) < 4.78 is 23.5.